The molecule has 0 saturated heterocycles. The van der Waals surface area contributed by atoms with Crippen LogP contribution < -0.4 is 4.74 Å². The van der Waals surface area contributed by atoms with Crippen LogP contribution in [0, 0.1) is 0 Å². The van der Waals surface area contributed by atoms with Gasteiger partial charge in [0.25, 0.3) is 0 Å². The van der Waals surface area contributed by atoms with Crippen molar-refractivity contribution in [2.45, 2.75) is 45.4 Å². The Balaban J connectivity index is 2.18. The molecule has 1 heterocycles. The summed E-state index contributed by atoms with van der Waals surface area (Å²) >= 11 is 0. The average molecular weight is 266 g/mol. The van der Waals surface area contributed by atoms with Gasteiger partial charge in [0.1, 0.15) is 0 Å². The Kier molecular flexibility index (Phi) is 7.54. The van der Waals surface area contributed by atoms with Crippen LogP contribution in [0.1, 0.15) is 55.9 Å². The molecule has 0 amide bonds. The summed E-state index contributed by atoms with van der Waals surface area (Å²) in [6.07, 6.45) is 10.1. The van der Waals surface area contributed by atoms with E-state index in [0.29, 0.717) is 12.5 Å². The van der Waals surface area contributed by atoms with Crippen LogP contribution in [-0.2, 0) is 4.74 Å². The lowest BCUT2D eigenvalue weighted by Gasteiger charge is -2.05. The molecule has 0 N–H and O–H groups in total. The van der Waals surface area contributed by atoms with E-state index in [1.165, 1.54) is 51.6 Å². The standard InChI is InChI=1S/C14H22N2O3/c1-3-4-5-6-7-8-9-19-13-11-15-12(10-16-13)14(17)18-2/h10-11H,3-9H2,1-2H3. The number of nitrogens with zero attached hydrogens (tertiary/aromatic N) is 2. The highest BCUT2D eigenvalue weighted by Crippen LogP contribution is 2.08. The van der Waals surface area contributed by atoms with Crippen molar-refractivity contribution in [2.75, 3.05) is 13.7 Å². The Morgan fingerprint density at radius 2 is 1.84 bits per heavy atom. The first-order valence-electron chi connectivity index (χ1n) is 6.81. The molecule has 0 aliphatic rings. The zero-order valence-corrected chi connectivity index (χ0v) is 11.7. The van der Waals surface area contributed by atoms with Gasteiger partial charge < -0.3 is 9.47 Å². The summed E-state index contributed by atoms with van der Waals surface area (Å²) in [5.41, 5.74) is 0.189. The Morgan fingerprint density at radius 3 is 2.47 bits per heavy atom. The van der Waals surface area contributed by atoms with E-state index in [1.54, 1.807) is 0 Å². The van der Waals surface area contributed by atoms with Crippen molar-refractivity contribution < 1.29 is 14.3 Å². The first-order chi connectivity index (χ1) is 9.27. The van der Waals surface area contributed by atoms with Crippen LogP contribution in [0.4, 0.5) is 0 Å². The van der Waals surface area contributed by atoms with E-state index < -0.39 is 5.97 Å². The molecule has 0 radical (unpaired) electrons. The maximum Gasteiger partial charge on any atom is 0.358 e. The first kappa shape index (κ1) is 15.4. The summed E-state index contributed by atoms with van der Waals surface area (Å²) < 4.78 is 9.99. The van der Waals surface area contributed by atoms with E-state index in [4.69, 9.17) is 4.74 Å². The van der Waals surface area contributed by atoms with Crippen LogP contribution in [0.15, 0.2) is 12.4 Å². The van der Waals surface area contributed by atoms with Crippen LogP contribution >= 0.6 is 0 Å². The number of carbonyl (C=O) groups is 1. The van der Waals surface area contributed by atoms with Gasteiger partial charge >= 0.3 is 5.97 Å². The molecule has 0 fully saturated rings. The maximum atomic E-state index is 11.1. The Labute approximate surface area is 114 Å². The van der Waals surface area contributed by atoms with Gasteiger partial charge in [-0.25, -0.2) is 14.8 Å². The molecular weight excluding hydrogens is 244 g/mol. The number of hydrogen-bond donors (Lipinski definition) is 0. The number of esters is 1. The highest BCUT2D eigenvalue weighted by atomic mass is 16.5. The van der Waals surface area contributed by atoms with Crippen LogP contribution in [0.2, 0.25) is 0 Å². The van der Waals surface area contributed by atoms with Crippen molar-refractivity contribution in [3.8, 4) is 5.88 Å². The van der Waals surface area contributed by atoms with Crippen molar-refractivity contribution in [3.63, 3.8) is 0 Å². The second-order valence-corrected chi connectivity index (χ2v) is 4.35. The number of hydrogen-bond acceptors (Lipinski definition) is 5. The predicted octanol–water partition coefficient (Wildman–Crippen LogP) is 3.00. The minimum atomic E-state index is -0.491. The quantitative estimate of drug-likeness (QED) is 0.508. The smallest absolute Gasteiger partial charge is 0.358 e. The normalized spacial score (nSPS) is 10.2. The van der Waals surface area contributed by atoms with Crippen molar-refractivity contribution in [1.29, 1.82) is 0 Å². The number of carbonyl (C=O) groups excluding carboxylic acids is 1. The minimum Gasteiger partial charge on any atom is -0.477 e. The number of aromatic nitrogens is 2. The lowest BCUT2D eigenvalue weighted by Crippen LogP contribution is -2.06. The third-order valence-electron chi connectivity index (χ3n) is 2.77. The largest absolute Gasteiger partial charge is 0.477 e. The fraction of sp³-hybridized carbons (Fsp3) is 0.643. The number of unbranched alkanes of at least 4 members (excludes halogenated alkanes) is 5. The molecular formula is C14H22N2O3. The molecule has 19 heavy (non-hydrogen) atoms. The van der Waals surface area contributed by atoms with Crippen LogP contribution in [0.5, 0.6) is 5.88 Å². The van der Waals surface area contributed by atoms with E-state index in [9.17, 15) is 4.79 Å². The fourth-order valence-electron chi connectivity index (χ4n) is 1.66. The minimum absolute atomic E-state index is 0.189. The summed E-state index contributed by atoms with van der Waals surface area (Å²) in [6, 6.07) is 0. The fourth-order valence-corrected chi connectivity index (χ4v) is 1.66. The molecule has 5 nitrogen and oxygen atoms in total. The molecule has 1 aromatic heterocycles. The summed E-state index contributed by atoms with van der Waals surface area (Å²) in [7, 11) is 1.31. The molecule has 5 heteroatoms. The predicted molar refractivity (Wildman–Crippen MR) is 72.2 cm³/mol. The van der Waals surface area contributed by atoms with Crippen LogP contribution in [0.3, 0.4) is 0 Å². The number of rotatable bonds is 9. The third-order valence-corrected chi connectivity index (χ3v) is 2.77. The summed E-state index contributed by atoms with van der Waals surface area (Å²) in [5.74, 6) is -0.0452. The van der Waals surface area contributed by atoms with Crippen molar-refractivity contribution in [2.24, 2.45) is 0 Å². The van der Waals surface area contributed by atoms with E-state index in [0.717, 1.165) is 6.42 Å². The average Bonchev–Trinajstić information content (AvgIpc) is 2.46. The molecule has 106 valence electrons. The number of methoxy groups -OCH3 is 1. The second kappa shape index (κ2) is 9.30. The van der Waals surface area contributed by atoms with Gasteiger partial charge in [0.15, 0.2) is 5.69 Å². The molecule has 1 rings (SSSR count). The summed E-state index contributed by atoms with van der Waals surface area (Å²) in [6.45, 7) is 2.85. The van der Waals surface area contributed by atoms with Crippen molar-refractivity contribution >= 4 is 5.97 Å². The monoisotopic (exact) mass is 266 g/mol. The molecule has 0 unspecified atom stereocenters. The summed E-state index contributed by atoms with van der Waals surface area (Å²) in [5, 5.41) is 0. The topological polar surface area (TPSA) is 61.3 Å². The zero-order valence-electron chi connectivity index (χ0n) is 11.7. The summed E-state index contributed by atoms with van der Waals surface area (Å²) in [4.78, 5) is 19.1. The lowest BCUT2D eigenvalue weighted by atomic mass is 10.1. The second-order valence-electron chi connectivity index (χ2n) is 4.35. The third kappa shape index (κ3) is 6.18. The lowest BCUT2D eigenvalue weighted by molar-refractivity contribution is 0.0593. The van der Waals surface area contributed by atoms with Crippen molar-refractivity contribution in [1.82, 2.24) is 9.97 Å². The van der Waals surface area contributed by atoms with Crippen molar-refractivity contribution in [3.05, 3.63) is 18.1 Å². The first-order valence-corrected chi connectivity index (χ1v) is 6.81. The van der Waals surface area contributed by atoms with Gasteiger partial charge in [-0.05, 0) is 6.42 Å². The van der Waals surface area contributed by atoms with E-state index in [1.807, 2.05) is 0 Å². The Morgan fingerprint density at radius 1 is 1.11 bits per heavy atom. The van der Waals surface area contributed by atoms with E-state index in [-0.39, 0.29) is 5.69 Å². The van der Waals surface area contributed by atoms with Gasteiger partial charge in [-0.3, -0.25) is 0 Å². The Hall–Kier alpha value is -1.65. The highest BCUT2D eigenvalue weighted by molar-refractivity contribution is 5.86. The number of ether oxygens (including phenoxy) is 2. The molecule has 0 saturated carbocycles. The van der Waals surface area contributed by atoms with Gasteiger partial charge in [0.2, 0.25) is 5.88 Å². The molecule has 1 aromatic rings. The van der Waals surface area contributed by atoms with Gasteiger partial charge in [-0.15, -0.1) is 0 Å². The van der Waals surface area contributed by atoms with Gasteiger partial charge in [-0.1, -0.05) is 39.0 Å². The SMILES string of the molecule is CCCCCCCCOc1cnc(C(=O)OC)cn1. The van der Waals surface area contributed by atoms with Crippen LogP contribution in [-0.4, -0.2) is 29.7 Å². The van der Waals surface area contributed by atoms with Gasteiger partial charge in [0, 0.05) is 0 Å². The van der Waals surface area contributed by atoms with E-state index in [2.05, 4.69) is 21.6 Å². The highest BCUT2D eigenvalue weighted by Gasteiger charge is 2.07. The maximum absolute atomic E-state index is 11.1. The molecule has 0 aliphatic heterocycles. The molecule has 0 spiro atoms. The molecule has 0 bridgehead atoms. The zero-order chi connectivity index (χ0) is 13.9. The van der Waals surface area contributed by atoms with Gasteiger partial charge in [-0.2, -0.15) is 0 Å². The van der Waals surface area contributed by atoms with E-state index >= 15 is 0 Å². The Bertz CT molecular complexity index is 365. The molecule has 0 aliphatic carbocycles. The van der Waals surface area contributed by atoms with Crippen LogP contribution in [0.25, 0.3) is 0 Å². The molecule has 0 atom stereocenters. The van der Waals surface area contributed by atoms with Gasteiger partial charge in [0.05, 0.1) is 26.1 Å². The molecule has 0 aromatic carbocycles.